The Morgan fingerprint density at radius 1 is 0.957 bits per heavy atom. The van der Waals surface area contributed by atoms with Crippen LogP contribution in [0.2, 0.25) is 0 Å². The minimum absolute atomic E-state index is 0.00176. The summed E-state index contributed by atoms with van der Waals surface area (Å²) in [5.41, 5.74) is 0.902. The van der Waals surface area contributed by atoms with Crippen molar-refractivity contribution in [1.82, 2.24) is 0 Å². The largest absolute Gasteiger partial charge is 0.502 e. The minimum atomic E-state index is -0.718. The van der Waals surface area contributed by atoms with Crippen molar-refractivity contribution in [3.8, 4) is 5.75 Å². The number of benzene rings is 2. The highest BCUT2D eigenvalue weighted by molar-refractivity contribution is 6.44. The van der Waals surface area contributed by atoms with Gasteiger partial charge in [0.1, 0.15) is 5.75 Å². The van der Waals surface area contributed by atoms with E-state index in [0.29, 0.717) is 23.6 Å². The normalized spacial score (nSPS) is 14.6. The monoisotopic (exact) mass is 309 g/mol. The first-order valence-corrected chi connectivity index (χ1v) is 7.23. The van der Waals surface area contributed by atoms with Crippen LogP contribution in [0.4, 0.5) is 5.69 Å². The highest BCUT2D eigenvalue weighted by Crippen LogP contribution is 2.32. The molecule has 2 aromatic carbocycles. The van der Waals surface area contributed by atoms with Crippen LogP contribution in [-0.4, -0.2) is 23.5 Å². The Labute approximate surface area is 133 Å². The average molecular weight is 309 g/mol. The summed E-state index contributed by atoms with van der Waals surface area (Å²) in [6.07, 6.45) is 0. The van der Waals surface area contributed by atoms with Gasteiger partial charge in [-0.25, -0.2) is 4.90 Å². The van der Waals surface area contributed by atoms with Gasteiger partial charge in [-0.3, -0.25) is 9.59 Å². The Balaban J connectivity index is 1.96. The van der Waals surface area contributed by atoms with Crippen molar-refractivity contribution >= 4 is 23.1 Å². The van der Waals surface area contributed by atoms with Crippen molar-refractivity contribution in [1.29, 1.82) is 0 Å². The number of rotatable bonds is 4. The van der Waals surface area contributed by atoms with E-state index in [-0.39, 0.29) is 5.57 Å². The highest BCUT2D eigenvalue weighted by atomic mass is 16.5. The highest BCUT2D eigenvalue weighted by Gasteiger charge is 2.40. The van der Waals surface area contributed by atoms with E-state index in [0.717, 1.165) is 4.90 Å². The van der Waals surface area contributed by atoms with Crippen LogP contribution in [0.1, 0.15) is 12.5 Å². The van der Waals surface area contributed by atoms with Crippen molar-refractivity contribution in [2.45, 2.75) is 6.92 Å². The maximum absolute atomic E-state index is 12.6. The molecule has 5 nitrogen and oxygen atoms in total. The molecule has 0 spiro atoms. The molecule has 2 aromatic rings. The van der Waals surface area contributed by atoms with Crippen molar-refractivity contribution in [3.05, 3.63) is 65.9 Å². The summed E-state index contributed by atoms with van der Waals surface area (Å²) in [4.78, 5) is 25.8. The van der Waals surface area contributed by atoms with Crippen LogP contribution in [0.5, 0.6) is 5.75 Å². The van der Waals surface area contributed by atoms with Crippen LogP contribution in [0.15, 0.2) is 60.4 Å². The second-order valence-electron chi connectivity index (χ2n) is 4.96. The summed E-state index contributed by atoms with van der Waals surface area (Å²) < 4.78 is 5.35. The molecule has 0 saturated carbocycles. The lowest BCUT2D eigenvalue weighted by Gasteiger charge is -2.14. The van der Waals surface area contributed by atoms with Gasteiger partial charge in [0.05, 0.1) is 17.9 Å². The molecule has 3 rings (SSSR count). The minimum Gasteiger partial charge on any atom is -0.502 e. The molecule has 0 aliphatic carbocycles. The van der Waals surface area contributed by atoms with Crippen LogP contribution in [0.3, 0.4) is 0 Å². The Kier molecular flexibility index (Phi) is 3.85. The summed E-state index contributed by atoms with van der Waals surface area (Å²) in [7, 11) is 0. The van der Waals surface area contributed by atoms with Gasteiger partial charge in [-0.15, -0.1) is 0 Å². The van der Waals surface area contributed by atoms with E-state index in [9.17, 15) is 14.7 Å². The number of aliphatic hydroxyl groups is 1. The van der Waals surface area contributed by atoms with Crippen LogP contribution in [0, 0.1) is 0 Å². The number of carbonyl (C=O) groups excluding carboxylic acids is 2. The Morgan fingerprint density at radius 3 is 2.22 bits per heavy atom. The number of anilines is 1. The van der Waals surface area contributed by atoms with Crippen LogP contribution in [-0.2, 0) is 9.59 Å². The van der Waals surface area contributed by atoms with Crippen molar-refractivity contribution in [2.75, 3.05) is 11.5 Å². The first kappa shape index (κ1) is 14.8. The number of hydrogen-bond acceptors (Lipinski definition) is 4. The SMILES string of the molecule is CCOc1ccc(C2=C(O)C(=O)N(c3ccccc3)C2=O)cc1. The lowest BCUT2D eigenvalue weighted by molar-refractivity contribution is -0.121. The predicted octanol–water partition coefficient (Wildman–Crippen LogP) is 2.93. The van der Waals surface area contributed by atoms with Crippen molar-refractivity contribution in [3.63, 3.8) is 0 Å². The second kappa shape index (κ2) is 5.96. The van der Waals surface area contributed by atoms with E-state index in [1.807, 2.05) is 6.92 Å². The van der Waals surface area contributed by atoms with E-state index in [1.54, 1.807) is 54.6 Å². The molecule has 0 aromatic heterocycles. The molecule has 23 heavy (non-hydrogen) atoms. The fraction of sp³-hybridized carbons (Fsp3) is 0.111. The van der Waals surface area contributed by atoms with Gasteiger partial charge in [0, 0.05) is 0 Å². The summed E-state index contributed by atoms with van der Waals surface area (Å²) in [5.74, 6) is -1.14. The summed E-state index contributed by atoms with van der Waals surface area (Å²) in [6, 6.07) is 15.2. The molecular formula is C18H15NO4. The molecule has 0 bridgehead atoms. The molecule has 0 fully saturated rings. The smallest absolute Gasteiger partial charge is 0.301 e. The quantitative estimate of drug-likeness (QED) is 0.882. The molecule has 0 atom stereocenters. The van der Waals surface area contributed by atoms with Gasteiger partial charge >= 0.3 is 5.91 Å². The van der Waals surface area contributed by atoms with E-state index >= 15 is 0 Å². The fourth-order valence-electron chi connectivity index (χ4n) is 2.47. The van der Waals surface area contributed by atoms with Gasteiger partial charge in [-0.1, -0.05) is 30.3 Å². The number of ether oxygens (including phenoxy) is 1. The number of aliphatic hydroxyl groups excluding tert-OH is 1. The molecule has 2 amide bonds. The molecular weight excluding hydrogens is 294 g/mol. The average Bonchev–Trinajstić information content (AvgIpc) is 2.79. The summed E-state index contributed by atoms with van der Waals surface area (Å²) >= 11 is 0. The number of carbonyl (C=O) groups is 2. The zero-order valence-electron chi connectivity index (χ0n) is 12.5. The van der Waals surface area contributed by atoms with Crippen molar-refractivity contribution in [2.24, 2.45) is 0 Å². The third-order valence-corrected chi connectivity index (χ3v) is 3.53. The van der Waals surface area contributed by atoms with Gasteiger partial charge in [-0.05, 0) is 36.8 Å². The van der Waals surface area contributed by atoms with Gasteiger partial charge in [0.25, 0.3) is 5.91 Å². The Hall–Kier alpha value is -3.08. The zero-order chi connectivity index (χ0) is 16.4. The third kappa shape index (κ3) is 2.57. The first-order chi connectivity index (χ1) is 11.1. The summed E-state index contributed by atoms with van der Waals surface area (Å²) in [5, 5.41) is 10.1. The van der Waals surface area contributed by atoms with Gasteiger partial charge in [-0.2, -0.15) is 0 Å². The van der Waals surface area contributed by atoms with Gasteiger partial charge < -0.3 is 9.84 Å². The standard InChI is InChI=1S/C18H15NO4/c1-2-23-14-10-8-12(9-11-14)15-16(20)18(22)19(17(15)21)13-6-4-3-5-7-13/h3-11,20H,2H2,1H3. The molecule has 1 aliphatic heterocycles. The van der Waals surface area contributed by atoms with E-state index in [4.69, 9.17) is 4.74 Å². The first-order valence-electron chi connectivity index (χ1n) is 7.23. The number of hydrogen-bond donors (Lipinski definition) is 1. The molecule has 0 saturated heterocycles. The number of imide groups is 1. The number of para-hydroxylation sites is 1. The molecule has 0 unspecified atom stereocenters. The second-order valence-corrected chi connectivity index (χ2v) is 4.96. The predicted molar refractivity (Wildman–Crippen MR) is 86.1 cm³/mol. The maximum atomic E-state index is 12.6. The van der Waals surface area contributed by atoms with E-state index in [2.05, 4.69) is 0 Å². The molecule has 1 aliphatic rings. The lowest BCUT2D eigenvalue weighted by Crippen LogP contribution is -2.31. The number of amides is 2. The third-order valence-electron chi connectivity index (χ3n) is 3.53. The van der Waals surface area contributed by atoms with Gasteiger partial charge in [0.2, 0.25) is 0 Å². The van der Waals surface area contributed by atoms with Crippen LogP contribution >= 0.6 is 0 Å². The van der Waals surface area contributed by atoms with E-state index in [1.165, 1.54) is 0 Å². The van der Waals surface area contributed by atoms with Gasteiger partial charge in [0.15, 0.2) is 5.76 Å². The summed E-state index contributed by atoms with van der Waals surface area (Å²) in [6.45, 7) is 2.41. The molecule has 1 N–H and O–H groups in total. The molecule has 5 heteroatoms. The van der Waals surface area contributed by atoms with Crippen LogP contribution in [0.25, 0.3) is 5.57 Å². The maximum Gasteiger partial charge on any atom is 0.301 e. The molecule has 0 radical (unpaired) electrons. The zero-order valence-corrected chi connectivity index (χ0v) is 12.5. The Morgan fingerprint density at radius 2 is 1.61 bits per heavy atom. The lowest BCUT2D eigenvalue weighted by atomic mass is 10.1. The fourth-order valence-corrected chi connectivity index (χ4v) is 2.47. The number of nitrogens with zero attached hydrogens (tertiary/aromatic N) is 1. The topological polar surface area (TPSA) is 66.8 Å². The van der Waals surface area contributed by atoms with Crippen LogP contribution < -0.4 is 9.64 Å². The molecule has 116 valence electrons. The molecule has 1 heterocycles. The Bertz CT molecular complexity index is 778. The van der Waals surface area contributed by atoms with E-state index < -0.39 is 17.6 Å². The van der Waals surface area contributed by atoms with Crippen molar-refractivity contribution < 1.29 is 19.4 Å².